The molecule has 0 amide bonds. The van der Waals surface area contributed by atoms with Gasteiger partial charge in [-0.3, -0.25) is 4.90 Å². The molecule has 2 aliphatic rings. The number of hydrogen-bond donors (Lipinski definition) is 0. The minimum atomic E-state index is 0.713. The van der Waals surface area contributed by atoms with Gasteiger partial charge in [0.25, 0.3) is 0 Å². The molecule has 0 aromatic rings. The quantitative estimate of drug-likeness (QED) is 0.783. The van der Waals surface area contributed by atoms with Crippen molar-refractivity contribution in [2.75, 3.05) is 45.8 Å². The molecule has 0 aromatic carbocycles. The summed E-state index contributed by atoms with van der Waals surface area (Å²) >= 11 is 0. The van der Waals surface area contributed by atoms with Crippen molar-refractivity contribution >= 4 is 0 Å². The van der Waals surface area contributed by atoms with E-state index >= 15 is 0 Å². The number of piperazine rings is 1. The van der Waals surface area contributed by atoms with E-state index in [2.05, 4.69) is 49.3 Å². The minimum Gasteiger partial charge on any atom is -0.301 e. The molecule has 0 N–H and O–H groups in total. The van der Waals surface area contributed by atoms with Gasteiger partial charge in [0.1, 0.15) is 0 Å². The maximum atomic E-state index is 2.71. The molecule has 0 unspecified atom stereocenters. The van der Waals surface area contributed by atoms with Crippen molar-refractivity contribution in [3.8, 4) is 0 Å². The van der Waals surface area contributed by atoms with Gasteiger partial charge in [-0.15, -0.1) is 0 Å². The molecule has 0 saturated carbocycles. The van der Waals surface area contributed by atoms with E-state index in [0.29, 0.717) is 12.1 Å². The molecule has 2 heterocycles. The van der Waals surface area contributed by atoms with Crippen molar-refractivity contribution in [3.63, 3.8) is 0 Å². The van der Waals surface area contributed by atoms with Crippen LogP contribution in [0.15, 0.2) is 0 Å². The molecule has 0 radical (unpaired) electrons. The van der Waals surface area contributed by atoms with Crippen LogP contribution in [0.1, 0.15) is 41.0 Å². The Balaban J connectivity index is 1.75. The summed E-state index contributed by atoms with van der Waals surface area (Å²) in [5.74, 6) is 1.77. The lowest BCUT2D eigenvalue weighted by Gasteiger charge is -2.43. The zero-order chi connectivity index (χ0) is 14.7. The summed E-state index contributed by atoms with van der Waals surface area (Å²) in [5, 5.41) is 0. The van der Waals surface area contributed by atoms with Crippen molar-refractivity contribution in [2.45, 2.75) is 53.1 Å². The maximum absolute atomic E-state index is 2.71. The van der Waals surface area contributed by atoms with Crippen molar-refractivity contribution in [2.24, 2.45) is 11.8 Å². The van der Waals surface area contributed by atoms with Gasteiger partial charge in [-0.2, -0.15) is 0 Å². The van der Waals surface area contributed by atoms with E-state index in [1.165, 1.54) is 52.2 Å². The summed E-state index contributed by atoms with van der Waals surface area (Å²) in [6, 6.07) is 1.43. The van der Waals surface area contributed by atoms with E-state index in [4.69, 9.17) is 0 Å². The van der Waals surface area contributed by atoms with Crippen molar-refractivity contribution in [1.29, 1.82) is 0 Å². The van der Waals surface area contributed by atoms with Gasteiger partial charge in [0.15, 0.2) is 0 Å². The van der Waals surface area contributed by atoms with Crippen LogP contribution in [0.25, 0.3) is 0 Å². The summed E-state index contributed by atoms with van der Waals surface area (Å²) in [4.78, 5) is 7.98. The number of rotatable bonds is 4. The number of nitrogens with zero attached hydrogens (tertiary/aromatic N) is 3. The maximum Gasteiger partial charge on any atom is 0.0113 e. The smallest absolute Gasteiger partial charge is 0.0113 e. The second-order valence-corrected chi connectivity index (χ2v) is 7.55. The zero-order valence-corrected chi connectivity index (χ0v) is 14.3. The summed E-state index contributed by atoms with van der Waals surface area (Å²) in [7, 11) is 0. The lowest BCUT2D eigenvalue weighted by atomic mass is 9.85. The first-order chi connectivity index (χ1) is 9.47. The summed E-state index contributed by atoms with van der Waals surface area (Å²) < 4.78 is 0. The van der Waals surface area contributed by atoms with Crippen LogP contribution in [0.5, 0.6) is 0 Å². The minimum absolute atomic E-state index is 0.713. The van der Waals surface area contributed by atoms with Gasteiger partial charge < -0.3 is 9.80 Å². The van der Waals surface area contributed by atoms with E-state index in [1.807, 2.05) is 0 Å². The fourth-order valence-electron chi connectivity index (χ4n) is 3.76. The van der Waals surface area contributed by atoms with Gasteiger partial charge in [0.05, 0.1) is 0 Å². The van der Waals surface area contributed by atoms with Gasteiger partial charge in [-0.05, 0) is 52.5 Å². The topological polar surface area (TPSA) is 9.72 Å². The number of likely N-dealkylation sites (tertiary alicyclic amines) is 1. The van der Waals surface area contributed by atoms with Crippen LogP contribution >= 0.6 is 0 Å². The Hall–Kier alpha value is -0.120. The molecule has 3 heteroatoms. The monoisotopic (exact) mass is 281 g/mol. The first kappa shape index (κ1) is 16.3. The fourth-order valence-corrected chi connectivity index (χ4v) is 3.76. The predicted molar refractivity (Wildman–Crippen MR) is 87.1 cm³/mol. The highest BCUT2D eigenvalue weighted by Crippen LogP contribution is 2.25. The Kier molecular flexibility index (Phi) is 5.88. The lowest BCUT2D eigenvalue weighted by Crippen LogP contribution is -2.52. The van der Waals surface area contributed by atoms with Crippen LogP contribution in [0, 0.1) is 11.8 Å². The van der Waals surface area contributed by atoms with Gasteiger partial charge in [-0.25, -0.2) is 0 Å². The van der Waals surface area contributed by atoms with E-state index in [-0.39, 0.29) is 0 Å². The molecule has 0 aromatic heterocycles. The van der Waals surface area contributed by atoms with Crippen LogP contribution in [0.3, 0.4) is 0 Å². The third kappa shape index (κ3) is 4.19. The molecular formula is C17H35N3. The molecule has 2 fully saturated rings. The Bertz CT molecular complexity index is 282. The van der Waals surface area contributed by atoms with Crippen LogP contribution in [0.2, 0.25) is 0 Å². The second-order valence-electron chi connectivity index (χ2n) is 7.55. The van der Waals surface area contributed by atoms with Gasteiger partial charge >= 0.3 is 0 Å². The molecule has 2 atom stereocenters. The van der Waals surface area contributed by atoms with E-state index in [0.717, 1.165) is 11.8 Å². The summed E-state index contributed by atoms with van der Waals surface area (Å²) in [5.41, 5.74) is 0. The van der Waals surface area contributed by atoms with Crippen molar-refractivity contribution in [3.05, 3.63) is 0 Å². The Morgan fingerprint density at radius 2 is 1.45 bits per heavy atom. The first-order valence-electron chi connectivity index (χ1n) is 8.67. The van der Waals surface area contributed by atoms with Crippen LogP contribution < -0.4 is 0 Å². The number of hydrogen-bond acceptors (Lipinski definition) is 3. The molecule has 0 aliphatic carbocycles. The molecule has 2 saturated heterocycles. The highest BCUT2D eigenvalue weighted by Gasteiger charge is 2.29. The van der Waals surface area contributed by atoms with Gasteiger partial charge in [-0.1, -0.05) is 6.92 Å². The zero-order valence-electron chi connectivity index (χ0n) is 14.3. The Labute approximate surface area is 126 Å². The first-order valence-corrected chi connectivity index (χ1v) is 8.67. The second kappa shape index (κ2) is 7.24. The molecule has 2 rings (SSSR count). The van der Waals surface area contributed by atoms with E-state index in [9.17, 15) is 0 Å². The van der Waals surface area contributed by atoms with E-state index in [1.54, 1.807) is 0 Å². The third-order valence-electron chi connectivity index (χ3n) is 5.47. The van der Waals surface area contributed by atoms with Gasteiger partial charge in [0.2, 0.25) is 0 Å². The number of piperidine rings is 1. The molecule has 3 nitrogen and oxygen atoms in total. The van der Waals surface area contributed by atoms with Crippen molar-refractivity contribution in [1.82, 2.24) is 14.7 Å². The molecule has 118 valence electrons. The molecule has 0 bridgehead atoms. The summed E-state index contributed by atoms with van der Waals surface area (Å²) in [6.45, 7) is 20.8. The average Bonchev–Trinajstić information content (AvgIpc) is 2.41. The summed E-state index contributed by atoms with van der Waals surface area (Å²) in [6.07, 6.45) is 1.39. The van der Waals surface area contributed by atoms with Crippen LogP contribution in [0.4, 0.5) is 0 Å². The van der Waals surface area contributed by atoms with Crippen molar-refractivity contribution < 1.29 is 0 Å². The van der Waals surface area contributed by atoms with E-state index < -0.39 is 0 Å². The van der Waals surface area contributed by atoms with Gasteiger partial charge in [0, 0.05) is 51.4 Å². The molecule has 2 aliphatic heterocycles. The van der Waals surface area contributed by atoms with Crippen LogP contribution in [-0.2, 0) is 0 Å². The normalized spacial score (nSPS) is 31.4. The van der Waals surface area contributed by atoms with Crippen LogP contribution in [-0.4, -0.2) is 72.6 Å². The third-order valence-corrected chi connectivity index (χ3v) is 5.47. The highest BCUT2D eigenvalue weighted by molar-refractivity contribution is 4.83. The predicted octanol–water partition coefficient (Wildman–Crippen LogP) is 2.38. The fraction of sp³-hybridized carbons (Fsp3) is 1.00. The standard InChI is InChI=1S/C17H35N3/c1-14(2)19-10-8-18(9-11-19)13-17-6-7-20(15(3)4)12-16(17)5/h14-17H,6-13H2,1-5H3/t16-,17-/m0/s1. The highest BCUT2D eigenvalue weighted by atomic mass is 15.3. The molecular weight excluding hydrogens is 246 g/mol. The SMILES string of the molecule is CC(C)N1CCN(C[C@@H]2CCN(C(C)C)C[C@@H]2C)CC1. The molecule has 0 spiro atoms. The Morgan fingerprint density at radius 3 is 1.95 bits per heavy atom. The molecule has 20 heavy (non-hydrogen) atoms. The largest absolute Gasteiger partial charge is 0.301 e. The lowest BCUT2D eigenvalue weighted by molar-refractivity contribution is 0.0518. The Morgan fingerprint density at radius 1 is 0.850 bits per heavy atom. The average molecular weight is 281 g/mol.